The van der Waals surface area contributed by atoms with Gasteiger partial charge in [0, 0.05) is 12.8 Å². The lowest BCUT2D eigenvalue weighted by Gasteiger charge is -2.36. The van der Waals surface area contributed by atoms with E-state index in [0.29, 0.717) is 43.3 Å². The van der Waals surface area contributed by atoms with Crippen LogP contribution >= 0.6 is 0 Å². The predicted octanol–water partition coefficient (Wildman–Crippen LogP) is 1.85. The monoisotopic (exact) mass is 309 g/mol. The van der Waals surface area contributed by atoms with Gasteiger partial charge in [-0.25, -0.2) is 4.79 Å². The maximum atomic E-state index is 12.1. The number of aliphatic carboxylic acids is 1. The van der Waals surface area contributed by atoms with Crippen molar-refractivity contribution in [3.05, 3.63) is 11.7 Å². The average molecular weight is 309 g/mol. The van der Waals surface area contributed by atoms with Gasteiger partial charge in [0.2, 0.25) is 11.8 Å². The number of rotatable bonds is 6. The summed E-state index contributed by atoms with van der Waals surface area (Å²) >= 11 is 0. The normalized spacial score (nSPS) is 24.9. The highest BCUT2D eigenvalue weighted by atomic mass is 16.5. The Hall–Kier alpha value is -1.92. The third-order valence-electron chi connectivity index (χ3n) is 4.28. The zero-order chi connectivity index (χ0) is 16.2. The third kappa shape index (κ3) is 4.05. The van der Waals surface area contributed by atoms with Crippen LogP contribution in [0.3, 0.4) is 0 Å². The minimum atomic E-state index is -1.09. The summed E-state index contributed by atoms with van der Waals surface area (Å²) in [6.07, 6.45) is 3.98. The van der Waals surface area contributed by atoms with Crippen LogP contribution in [-0.4, -0.2) is 32.7 Å². The highest BCUT2D eigenvalue weighted by Gasteiger charge is 2.42. The van der Waals surface area contributed by atoms with Crippen LogP contribution in [-0.2, 0) is 16.0 Å². The first-order chi connectivity index (χ1) is 10.4. The molecule has 2 N–H and O–H groups in total. The number of carboxylic acid groups (broad SMARTS) is 1. The van der Waals surface area contributed by atoms with Crippen LogP contribution in [0.15, 0.2) is 4.52 Å². The molecule has 122 valence electrons. The summed E-state index contributed by atoms with van der Waals surface area (Å²) < 4.78 is 4.98. The molecule has 1 aliphatic carbocycles. The molecule has 1 heterocycles. The van der Waals surface area contributed by atoms with E-state index in [2.05, 4.69) is 22.4 Å². The molecule has 0 bridgehead atoms. The number of aryl methyl sites for hydroxylation is 2. The van der Waals surface area contributed by atoms with Gasteiger partial charge in [-0.05, 0) is 44.9 Å². The van der Waals surface area contributed by atoms with Crippen molar-refractivity contribution in [1.29, 1.82) is 0 Å². The predicted molar refractivity (Wildman–Crippen MR) is 78.1 cm³/mol. The summed E-state index contributed by atoms with van der Waals surface area (Å²) in [5.74, 6) is 0.434. The molecule has 1 fully saturated rings. The molecule has 22 heavy (non-hydrogen) atoms. The molecule has 1 aromatic heterocycles. The van der Waals surface area contributed by atoms with Crippen molar-refractivity contribution in [1.82, 2.24) is 15.5 Å². The van der Waals surface area contributed by atoms with E-state index in [9.17, 15) is 14.7 Å². The summed E-state index contributed by atoms with van der Waals surface area (Å²) in [5.41, 5.74) is -1.09. The van der Waals surface area contributed by atoms with E-state index in [0.717, 1.165) is 12.8 Å². The molecule has 0 aliphatic heterocycles. The van der Waals surface area contributed by atoms with E-state index in [-0.39, 0.29) is 12.3 Å². The van der Waals surface area contributed by atoms with Crippen molar-refractivity contribution < 1.29 is 19.2 Å². The van der Waals surface area contributed by atoms with E-state index < -0.39 is 11.5 Å². The number of hydrogen-bond donors (Lipinski definition) is 2. The van der Waals surface area contributed by atoms with Gasteiger partial charge in [0.1, 0.15) is 5.54 Å². The number of carboxylic acids is 1. The second-order valence-corrected chi connectivity index (χ2v) is 6.21. The Balaban J connectivity index is 1.82. The van der Waals surface area contributed by atoms with Crippen LogP contribution < -0.4 is 5.32 Å². The number of nitrogens with one attached hydrogen (secondary N) is 1. The molecule has 2 rings (SSSR count). The second-order valence-electron chi connectivity index (χ2n) is 6.21. The molecule has 0 atom stereocenters. The van der Waals surface area contributed by atoms with Crippen LogP contribution in [0.2, 0.25) is 0 Å². The first-order valence-corrected chi connectivity index (χ1v) is 7.75. The summed E-state index contributed by atoms with van der Waals surface area (Å²) in [6, 6.07) is 0. The van der Waals surface area contributed by atoms with Gasteiger partial charge in [-0.2, -0.15) is 4.98 Å². The van der Waals surface area contributed by atoms with Crippen molar-refractivity contribution in [3.8, 4) is 0 Å². The Morgan fingerprint density at radius 3 is 2.64 bits per heavy atom. The molecule has 7 heteroatoms. The molecule has 1 saturated carbocycles. The first kappa shape index (κ1) is 16.5. The van der Waals surface area contributed by atoms with Crippen LogP contribution in [0.1, 0.15) is 57.2 Å². The van der Waals surface area contributed by atoms with Gasteiger partial charge in [0.05, 0.1) is 0 Å². The van der Waals surface area contributed by atoms with Gasteiger partial charge < -0.3 is 14.9 Å². The lowest BCUT2D eigenvalue weighted by Crippen LogP contribution is -2.56. The van der Waals surface area contributed by atoms with E-state index in [4.69, 9.17) is 4.52 Å². The lowest BCUT2D eigenvalue weighted by molar-refractivity contribution is -0.149. The van der Waals surface area contributed by atoms with Gasteiger partial charge in [0.25, 0.3) is 0 Å². The number of amides is 1. The van der Waals surface area contributed by atoms with Gasteiger partial charge in [-0.3, -0.25) is 4.79 Å². The van der Waals surface area contributed by atoms with Crippen LogP contribution in [0.4, 0.5) is 0 Å². The molecule has 0 saturated heterocycles. The van der Waals surface area contributed by atoms with Crippen molar-refractivity contribution in [3.63, 3.8) is 0 Å². The van der Waals surface area contributed by atoms with E-state index in [1.807, 2.05) is 0 Å². The van der Waals surface area contributed by atoms with Gasteiger partial charge in [-0.1, -0.05) is 12.1 Å². The van der Waals surface area contributed by atoms with Gasteiger partial charge in [-0.15, -0.1) is 0 Å². The van der Waals surface area contributed by atoms with E-state index in [1.54, 1.807) is 6.92 Å². The molecular formula is C15H23N3O4. The topological polar surface area (TPSA) is 105 Å². The molecule has 0 aromatic carbocycles. The van der Waals surface area contributed by atoms with Gasteiger partial charge >= 0.3 is 5.97 Å². The zero-order valence-electron chi connectivity index (χ0n) is 13.1. The van der Waals surface area contributed by atoms with Crippen LogP contribution in [0, 0.1) is 12.8 Å². The minimum absolute atomic E-state index is 0.229. The number of nitrogens with zero attached hydrogens (tertiary/aromatic N) is 2. The summed E-state index contributed by atoms with van der Waals surface area (Å²) in [7, 11) is 0. The number of carbonyl (C=O) groups is 2. The molecule has 1 aromatic rings. The Morgan fingerprint density at radius 2 is 2.09 bits per heavy atom. The van der Waals surface area contributed by atoms with Crippen LogP contribution in [0.25, 0.3) is 0 Å². The summed E-state index contributed by atoms with van der Waals surface area (Å²) in [6.45, 7) is 3.85. The number of aromatic nitrogens is 2. The Kier molecular flexibility index (Phi) is 5.15. The fourth-order valence-corrected chi connectivity index (χ4v) is 2.82. The molecule has 1 aliphatic rings. The second kappa shape index (κ2) is 6.89. The molecule has 1 amide bonds. The molecule has 7 nitrogen and oxygen atoms in total. The first-order valence-electron chi connectivity index (χ1n) is 7.75. The SMILES string of the molecule is Cc1noc(CCCC(=O)NC2(C(=O)O)CCC(C)CC2)n1. The Bertz CT molecular complexity index is 533. The summed E-state index contributed by atoms with van der Waals surface area (Å²) in [4.78, 5) is 27.7. The van der Waals surface area contributed by atoms with E-state index >= 15 is 0 Å². The Labute approximate surface area is 129 Å². The Morgan fingerprint density at radius 1 is 1.41 bits per heavy atom. The van der Waals surface area contributed by atoms with E-state index in [1.165, 1.54) is 0 Å². The fraction of sp³-hybridized carbons (Fsp3) is 0.733. The van der Waals surface area contributed by atoms with Crippen molar-refractivity contribution >= 4 is 11.9 Å². The van der Waals surface area contributed by atoms with Crippen molar-refractivity contribution in [2.45, 2.75) is 64.3 Å². The molecule has 0 spiro atoms. The standard InChI is InChI=1S/C15H23N3O4/c1-10-6-8-15(9-7-10,14(20)21)17-12(19)4-3-5-13-16-11(2)18-22-13/h10H,3-9H2,1-2H3,(H,17,19)(H,20,21). The quantitative estimate of drug-likeness (QED) is 0.830. The number of carbonyl (C=O) groups excluding carboxylic acids is 1. The smallest absolute Gasteiger partial charge is 0.329 e. The van der Waals surface area contributed by atoms with Crippen molar-refractivity contribution in [2.75, 3.05) is 0 Å². The third-order valence-corrected chi connectivity index (χ3v) is 4.28. The van der Waals surface area contributed by atoms with Gasteiger partial charge in [0.15, 0.2) is 5.82 Å². The zero-order valence-corrected chi connectivity index (χ0v) is 13.1. The minimum Gasteiger partial charge on any atom is -0.480 e. The molecule has 0 radical (unpaired) electrons. The lowest BCUT2D eigenvalue weighted by atomic mass is 9.77. The fourth-order valence-electron chi connectivity index (χ4n) is 2.82. The molecule has 0 unspecified atom stereocenters. The highest BCUT2D eigenvalue weighted by molar-refractivity contribution is 5.87. The number of hydrogen-bond acceptors (Lipinski definition) is 5. The largest absolute Gasteiger partial charge is 0.480 e. The highest BCUT2D eigenvalue weighted by Crippen LogP contribution is 2.32. The van der Waals surface area contributed by atoms with Crippen LogP contribution in [0.5, 0.6) is 0 Å². The summed E-state index contributed by atoms with van der Waals surface area (Å²) in [5, 5.41) is 15.9. The van der Waals surface area contributed by atoms with Crippen molar-refractivity contribution in [2.24, 2.45) is 5.92 Å². The average Bonchev–Trinajstić information content (AvgIpc) is 2.87. The molecular weight excluding hydrogens is 286 g/mol. The maximum Gasteiger partial charge on any atom is 0.329 e. The maximum absolute atomic E-state index is 12.1.